The predicted molar refractivity (Wildman–Crippen MR) is 96.9 cm³/mol. The van der Waals surface area contributed by atoms with Crippen LogP contribution in [0.15, 0.2) is 24.3 Å². The molecular weight excluding hydrogens is 314 g/mol. The molecule has 0 radical (unpaired) electrons. The molecule has 0 spiro atoms. The summed E-state index contributed by atoms with van der Waals surface area (Å²) in [6, 6.07) is 8.14. The summed E-state index contributed by atoms with van der Waals surface area (Å²) in [5.74, 6) is 1.74. The molecule has 1 amide bonds. The van der Waals surface area contributed by atoms with E-state index in [-0.39, 0.29) is 12.0 Å². The van der Waals surface area contributed by atoms with Gasteiger partial charge in [-0.2, -0.15) is 0 Å². The summed E-state index contributed by atoms with van der Waals surface area (Å²) in [5, 5.41) is 0. The molecule has 3 atom stereocenters. The maximum Gasteiger partial charge on any atom is 0.254 e. The van der Waals surface area contributed by atoms with Crippen molar-refractivity contribution in [2.45, 2.75) is 63.5 Å². The topological polar surface area (TPSA) is 38.8 Å². The second-order valence-electron chi connectivity index (χ2n) is 7.72. The fourth-order valence-electron chi connectivity index (χ4n) is 4.70. The van der Waals surface area contributed by atoms with E-state index in [4.69, 9.17) is 9.47 Å². The number of hydrogen-bond donors (Lipinski definition) is 0. The lowest BCUT2D eigenvalue weighted by molar-refractivity contribution is 0.0390. The molecule has 3 aliphatic rings. The average Bonchev–Trinajstić information content (AvgIpc) is 3.19. The fraction of sp³-hybridized carbons (Fsp3) is 0.667. The number of ether oxygens (including phenoxy) is 2. The Morgan fingerprint density at radius 1 is 1.04 bits per heavy atom. The van der Waals surface area contributed by atoms with E-state index in [0.29, 0.717) is 12.6 Å². The number of hydrogen-bond acceptors (Lipinski definition) is 3. The molecule has 1 saturated carbocycles. The summed E-state index contributed by atoms with van der Waals surface area (Å²) in [6.07, 6.45) is 9.94. The molecule has 4 heteroatoms. The molecule has 0 aromatic heterocycles. The zero-order chi connectivity index (χ0) is 17.1. The fourth-order valence-corrected chi connectivity index (χ4v) is 4.70. The van der Waals surface area contributed by atoms with Crippen LogP contribution in [0.25, 0.3) is 0 Å². The lowest BCUT2D eigenvalue weighted by Gasteiger charge is -2.44. The van der Waals surface area contributed by atoms with E-state index in [1.54, 1.807) is 0 Å². The molecule has 0 unspecified atom stereocenters. The lowest BCUT2D eigenvalue weighted by Crippen LogP contribution is -2.49. The van der Waals surface area contributed by atoms with Crippen LogP contribution in [-0.2, 0) is 4.74 Å². The van der Waals surface area contributed by atoms with Gasteiger partial charge in [-0.3, -0.25) is 4.79 Å². The normalized spacial score (nSPS) is 29.3. The van der Waals surface area contributed by atoms with Crippen LogP contribution in [0.2, 0.25) is 0 Å². The highest BCUT2D eigenvalue weighted by molar-refractivity contribution is 5.94. The summed E-state index contributed by atoms with van der Waals surface area (Å²) in [4.78, 5) is 15.1. The first-order valence-electron chi connectivity index (χ1n) is 9.97. The molecule has 2 heterocycles. The largest absolute Gasteiger partial charge is 0.491 e. The zero-order valence-corrected chi connectivity index (χ0v) is 15.0. The van der Waals surface area contributed by atoms with Gasteiger partial charge in [0.05, 0.1) is 6.10 Å². The van der Waals surface area contributed by atoms with E-state index in [1.165, 1.54) is 32.1 Å². The van der Waals surface area contributed by atoms with Crippen molar-refractivity contribution in [3.8, 4) is 5.75 Å². The van der Waals surface area contributed by atoms with Crippen LogP contribution in [-0.4, -0.2) is 42.7 Å². The maximum absolute atomic E-state index is 13.0. The minimum absolute atomic E-state index is 0.197. The first-order valence-corrected chi connectivity index (χ1v) is 9.97. The highest BCUT2D eigenvalue weighted by atomic mass is 16.5. The number of benzene rings is 1. The van der Waals surface area contributed by atoms with E-state index in [1.807, 2.05) is 24.3 Å². The monoisotopic (exact) mass is 343 g/mol. The van der Waals surface area contributed by atoms with Crippen molar-refractivity contribution in [2.75, 3.05) is 19.8 Å². The number of nitrogens with zero attached hydrogens (tertiary/aromatic N) is 1. The number of amides is 1. The molecule has 3 fully saturated rings. The van der Waals surface area contributed by atoms with Crippen molar-refractivity contribution in [1.82, 2.24) is 4.90 Å². The van der Waals surface area contributed by atoms with E-state index in [0.717, 1.165) is 49.6 Å². The summed E-state index contributed by atoms with van der Waals surface area (Å²) < 4.78 is 11.4. The molecule has 4 rings (SSSR count). The van der Waals surface area contributed by atoms with Crippen molar-refractivity contribution < 1.29 is 14.3 Å². The van der Waals surface area contributed by atoms with Crippen molar-refractivity contribution in [1.29, 1.82) is 0 Å². The number of carbonyl (C=O) groups is 1. The Morgan fingerprint density at radius 2 is 1.84 bits per heavy atom. The third-order valence-electron chi connectivity index (χ3n) is 6.07. The first kappa shape index (κ1) is 16.9. The summed E-state index contributed by atoms with van der Waals surface area (Å²) in [6.45, 7) is 2.36. The molecule has 2 saturated heterocycles. The van der Waals surface area contributed by atoms with Crippen LogP contribution in [0.3, 0.4) is 0 Å². The van der Waals surface area contributed by atoms with Gasteiger partial charge in [0, 0.05) is 24.8 Å². The molecule has 2 aliphatic heterocycles. The molecule has 1 aliphatic carbocycles. The molecule has 1 aromatic rings. The third kappa shape index (κ3) is 3.84. The van der Waals surface area contributed by atoms with Gasteiger partial charge in [0.1, 0.15) is 12.4 Å². The van der Waals surface area contributed by atoms with Crippen LogP contribution in [0.1, 0.15) is 61.7 Å². The van der Waals surface area contributed by atoms with Gasteiger partial charge in [-0.25, -0.2) is 0 Å². The number of likely N-dealkylation sites (tertiary alicyclic amines) is 1. The molecule has 4 nitrogen and oxygen atoms in total. The predicted octanol–water partition coefficient (Wildman–Crippen LogP) is 4.04. The minimum atomic E-state index is 0.197. The highest BCUT2D eigenvalue weighted by Gasteiger charge is 2.35. The zero-order valence-electron chi connectivity index (χ0n) is 15.0. The van der Waals surface area contributed by atoms with E-state index in [2.05, 4.69) is 4.90 Å². The van der Waals surface area contributed by atoms with Crippen LogP contribution < -0.4 is 4.74 Å². The molecule has 136 valence electrons. The van der Waals surface area contributed by atoms with Gasteiger partial charge in [-0.15, -0.1) is 0 Å². The average molecular weight is 343 g/mol. The second-order valence-corrected chi connectivity index (χ2v) is 7.72. The third-order valence-corrected chi connectivity index (χ3v) is 6.07. The van der Waals surface area contributed by atoms with Gasteiger partial charge in [-0.1, -0.05) is 12.8 Å². The Bertz CT molecular complexity index is 577. The number of fused-ring (bicyclic) bond motifs is 1. The standard InChI is InChI=1S/C21H29NO3/c23-21(22-13-3-6-16-5-1-2-8-20(16)22)17-9-11-18(12-10-17)25-15-19-7-4-14-24-19/h9-12,16,19-20H,1-8,13-15H2/t16-,19+,20-/m1/s1. The van der Waals surface area contributed by atoms with E-state index in [9.17, 15) is 4.79 Å². The van der Waals surface area contributed by atoms with Crippen molar-refractivity contribution >= 4 is 5.91 Å². The van der Waals surface area contributed by atoms with Gasteiger partial charge >= 0.3 is 0 Å². The number of piperidine rings is 1. The van der Waals surface area contributed by atoms with Crippen LogP contribution in [0.4, 0.5) is 0 Å². The van der Waals surface area contributed by atoms with Gasteiger partial charge in [0.25, 0.3) is 5.91 Å². The Morgan fingerprint density at radius 3 is 2.64 bits per heavy atom. The van der Waals surface area contributed by atoms with Gasteiger partial charge in [0.2, 0.25) is 0 Å². The van der Waals surface area contributed by atoms with Crippen molar-refractivity contribution in [2.24, 2.45) is 5.92 Å². The molecule has 0 bridgehead atoms. The molecular formula is C21H29NO3. The van der Waals surface area contributed by atoms with Crippen LogP contribution in [0.5, 0.6) is 5.75 Å². The molecule has 1 aromatic carbocycles. The molecule has 0 N–H and O–H groups in total. The van der Waals surface area contributed by atoms with Crippen LogP contribution >= 0.6 is 0 Å². The van der Waals surface area contributed by atoms with E-state index >= 15 is 0 Å². The summed E-state index contributed by atoms with van der Waals surface area (Å²) in [5.41, 5.74) is 0.788. The van der Waals surface area contributed by atoms with Gasteiger partial charge in [0.15, 0.2) is 0 Å². The number of rotatable bonds is 4. The molecule has 25 heavy (non-hydrogen) atoms. The number of carbonyl (C=O) groups excluding carboxylic acids is 1. The minimum Gasteiger partial charge on any atom is -0.491 e. The first-order chi connectivity index (χ1) is 12.3. The maximum atomic E-state index is 13.0. The SMILES string of the molecule is O=C(c1ccc(OC[C@@H]2CCCO2)cc1)N1CCC[C@H]2CCCC[C@H]21. The van der Waals surface area contributed by atoms with Crippen LogP contribution in [0, 0.1) is 5.92 Å². The summed E-state index contributed by atoms with van der Waals surface area (Å²) >= 11 is 0. The van der Waals surface area contributed by atoms with Crippen molar-refractivity contribution in [3.63, 3.8) is 0 Å². The van der Waals surface area contributed by atoms with Crippen molar-refractivity contribution in [3.05, 3.63) is 29.8 Å². The van der Waals surface area contributed by atoms with E-state index < -0.39 is 0 Å². The summed E-state index contributed by atoms with van der Waals surface area (Å²) in [7, 11) is 0. The Labute approximate surface area is 150 Å². The van der Waals surface area contributed by atoms with Gasteiger partial charge < -0.3 is 14.4 Å². The lowest BCUT2D eigenvalue weighted by atomic mass is 9.78. The quantitative estimate of drug-likeness (QED) is 0.828. The Balaban J connectivity index is 1.37. The second kappa shape index (κ2) is 7.77. The Hall–Kier alpha value is -1.55. The highest BCUT2D eigenvalue weighted by Crippen LogP contribution is 2.36. The Kier molecular flexibility index (Phi) is 5.25. The van der Waals surface area contributed by atoms with Gasteiger partial charge in [-0.05, 0) is 68.7 Å². The smallest absolute Gasteiger partial charge is 0.254 e.